The first-order valence-corrected chi connectivity index (χ1v) is 10.7. The second kappa shape index (κ2) is 13.8. The average Bonchev–Trinajstić information content (AvgIpc) is 3.26. The van der Waals surface area contributed by atoms with Gasteiger partial charge in [0, 0.05) is 12.4 Å². The number of hydrogen-bond acceptors (Lipinski definition) is 7. The number of nitrogens with one attached hydrogen (secondary N) is 1. The molecule has 9 heteroatoms. The van der Waals surface area contributed by atoms with Gasteiger partial charge in [0.2, 0.25) is 0 Å². The lowest BCUT2D eigenvalue weighted by Crippen LogP contribution is -2.34. The van der Waals surface area contributed by atoms with Crippen molar-refractivity contribution in [2.24, 2.45) is 29.6 Å². The number of rotatable bonds is 3. The SMILES string of the molecule is CC1CC(C(=O)O)C1.COC(=O)C1CC(C)C1.COC(=O)C1CC(O)C1.c1c[nH]cn1. The molecule has 0 aliphatic heterocycles. The Morgan fingerprint density at radius 2 is 1.32 bits per heavy atom. The van der Waals surface area contributed by atoms with E-state index in [-0.39, 0.29) is 35.8 Å². The molecular formula is C22H36N2O7. The highest BCUT2D eigenvalue weighted by molar-refractivity contribution is 5.73. The van der Waals surface area contributed by atoms with Gasteiger partial charge in [0.25, 0.3) is 0 Å². The van der Waals surface area contributed by atoms with E-state index in [1.807, 2.05) is 0 Å². The van der Waals surface area contributed by atoms with Gasteiger partial charge < -0.3 is 24.7 Å². The summed E-state index contributed by atoms with van der Waals surface area (Å²) < 4.78 is 9.02. The van der Waals surface area contributed by atoms with Crippen molar-refractivity contribution >= 4 is 17.9 Å². The van der Waals surface area contributed by atoms with Crippen molar-refractivity contribution in [2.45, 2.75) is 58.5 Å². The number of aromatic nitrogens is 2. The zero-order chi connectivity index (χ0) is 23.4. The van der Waals surface area contributed by atoms with Crippen LogP contribution < -0.4 is 0 Å². The van der Waals surface area contributed by atoms with Crippen LogP contribution in [0.2, 0.25) is 0 Å². The highest BCUT2D eigenvalue weighted by Crippen LogP contribution is 2.33. The van der Waals surface area contributed by atoms with Crippen LogP contribution in [0.1, 0.15) is 52.4 Å². The van der Waals surface area contributed by atoms with E-state index in [0.29, 0.717) is 18.8 Å². The van der Waals surface area contributed by atoms with Crippen molar-refractivity contribution < 1.29 is 34.1 Å². The molecule has 0 bridgehead atoms. The Balaban J connectivity index is 0.000000211. The zero-order valence-electron chi connectivity index (χ0n) is 18.8. The number of aliphatic hydroxyl groups excluding tert-OH is 1. The van der Waals surface area contributed by atoms with Gasteiger partial charge in [0.1, 0.15) is 0 Å². The van der Waals surface area contributed by atoms with E-state index in [0.717, 1.165) is 31.6 Å². The van der Waals surface area contributed by atoms with Crippen LogP contribution in [0.15, 0.2) is 18.7 Å². The lowest BCUT2D eigenvalue weighted by atomic mass is 9.76. The zero-order valence-corrected chi connectivity index (χ0v) is 18.8. The standard InChI is InChI=1S/C7H12O2.C6H10O3.C6H10O2.C3H4N2/c1-5-3-6(4-5)7(8)9-2;1-9-6(8)4-2-5(7)3-4;1-4-2-5(3-4)6(7)8;1-2-5-3-4-1/h5-6H,3-4H2,1-2H3;4-5,7H,2-3H2,1H3;4-5H,2-3H2,1H3,(H,7,8);1-3H,(H,4,5). The van der Waals surface area contributed by atoms with Crippen LogP contribution in [-0.2, 0) is 23.9 Å². The number of aromatic amines is 1. The number of carboxylic acid groups (broad SMARTS) is 1. The van der Waals surface area contributed by atoms with Crippen LogP contribution in [0.4, 0.5) is 0 Å². The molecule has 0 atom stereocenters. The molecule has 4 rings (SSSR count). The Morgan fingerprint density at radius 1 is 0.871 bits per heavy atom. The van der Waals surface area contributed by atoms with E-state index in [9.17, 15) is 14.4 Å². The summed E-state index contributed by atoms with van der Waals surface area (Å²) in [6, 6.07) is 0. The molecule has 1 aromatic heterocycles. The Morgan fingerprint density at radius 3 is 1.55 bits per heavy atom. The minimum absolute atomic E-state index is 0.0231. The predicted molar refractivity (Wildman–Crippen MR) is 113 cm³/mol. The molecule has 0 amide bonds. The maximum absolute atomic E-state index is 10.7. The predicted octanol–water partition coefficient (Wildman–Crippen LogP) is 2.66. The Hall–Kier alpha value is -2.42. The van der Waals surface area contributed by atoms with Crippen molar-refractivity contribution in [3.63, 3.8) is 0 Å². The van der Waals surface area contributed by atoms with Gasteiger partial charge in [-0.05, 0) is 50.4 Å². The smallest absolute Gasteiger partial charge is 0.308 e. The number of hydrogen-bond donors (Lipinski definition) is 3. The second-order valence-corrected chi connectivity index (χ2v) is 8.51. The fraction of sp³-hybridized carbons (Fsp3) is 0.727. The van der Waals surface area contributed by atoms with Crippen LogP contribution in [-0.4, -0.2) is 58.4 Å². The topological polar surface area (TPSA) is 139 Å². The summed E-state index contributed by atoms with van der Waals surface area (Å²) in [5, 5.41) is 17.1. The number of carbonyl (C=O) groups is 3. The van der Waals surface area contributed by atoms with Gasteiger partial charge in [-0.2, -0.15) is 0 Å². The molecule has 31 heavy (non-hydrogen) atoms. The molecule has 9 nitrogen and oxygen atoms in total. The summed E-state index contributed by atoms with van der Waals surface area (Å²) in [5.74, 6) is 0.682. The Labute approximate surface area is 183 Å². The number of carboxylic acids is 1. The molecular weight excluding hydrogens is 404 g/mol. The monoisotopic (exact) mass is 440 g/mol. The fourth-order valence-electron chi connectivity index (χ4n) is 3.53. The normalized spacial score (nSPS) is 29.8. The highest BCUT2D eigenvalue weighted by Gasteiger charge is 2.34. The minimum atomic E-state index is -0.622. The summed E-state index contributed by atoms with van der Waals surface area (Å²) in [5.41, 5.74) is 0. The first-order valence-electron chi connectivity index (χ1n) is 10.7. The number of aliphatic hydroxyl groups is 1. The van der Waals surface area contributed by atoms with Crippen molar-refractivity contribution in [2.75, 3.05) is 14.2 Å². The molecule has 176 valence electrons. The number of methoxy groups -OCH3 is 2. The number of imidazole rings is 1. The van der Waals surface area contributed by atoms with Crippen molar-refractivity contribution in [1.82, 2.24) is 9.97 Å². The Bertz CT molecular complexity index is 600. The quantitative estimate of drug-likeness (QED) is 0.610. The molecule has 1 heterocycles. The number of esters is 2. The van der Waals surface area contributed by atoms with Gasteiger partial charge in [-0.3, -0.25) is 14.4 Å². The van der Waals surface area contributed by atoms with Gasteiger partial charge in [-0.1, -0.05) is 13.8 Å². The van der Waals surface area contributed by atoms with E-state index in [2.05, 4.69) is 33.3 Å². The Kier molecular flexibility index (Phi) is 11.8. The summed E-state index contributed by atoms with van der Waals surface area (Å²) in [7, 11) is 2.82. The first kappa shape index (κ1) is 26.6. The number of nitrogens with zero attached hydrogens (tertiary/aromatic N) is 1. The van der Waals surface area contributed by atoms with E-state index in [4.69, 9.17) is 10.2 Å². The third-order valence-electron chi connectivity index (χ3n) is 5.68. The maximum atomic E-state index is 10.7. The maximum Gasteiger partial charge on any atom is 0.308 e. The molecule has 3 aliphatic rings. The third-order valence-corrected chi connectivity index (χ3v) is 5.68. The van der Waals surface area contributed by atoms with Crippen LogP contribution in [0.25, 0.3) is 0 Å². The molecule has 3 aliphatic carbocycles. The fourth-order valence-corrected chi connectivity index (χ4v) is 3.53. The molecule has 3 fully saturated rings. The number of aliphatic carboxylic acids is 1. The summed E-state index contributed by atoms with van der Waals surface area (Å²) in [6.07, 6.45) is 9.78. The summed E-state index contributed by atoms with van der Waals surface area (Å²) >= 11 is 0. The van der Waals surface area contributed by atoms with Crippen molar-refractivity contribution in [1.29, 1.82) is 0 Å². The number of H-pyrrole nitrogens is 1. The third kappa shape index (κ3) is 9.95. The molecule has 0 saturated heterocycles. The van der Waals surface area contributed by atoms with Crippen LogP contribution in [0.3, 0.4) is 0 Å². The van der Waals surface area contributed by atoms with Gasteiger partial charge in [-0.25, -0.2) is 4.98 Å². The minimum Gasteiger partial charge on any atom is -0.481 e. The van der Waals surface area contributed by atoms with Crippen molar-refractivity contribution in [3.8, 4) is 0 Å². The highest BCUT2D eigenvalue weighted by atomic mass is 16.5. The molecule has 3 N–H and O–H groups in total. The second-order valence-electron chi connectivity index (χ2n) is 8.51. The average molecular weight is 441 g/mol. The molecule has 0 unspecified atom stereocenters. The van der Waals surface area contributed by atoms with Crippen molar-refractivity contribution in [3.05, 3.63) is 18.7 Å². The lowest BCUT2D eigenvalue weighted by Gasteiger charge is -2.29. The molecule has 3 saturated carbocycles. The van der Waals surface area contributed by atoms with Crippen LogP contribution in [0, 0.1) is 29.6 Å². The first-order chi connectivity index (χ1) is 14.7. The lowest BCUT2D eigenvalue weighted by molar-refractivity contribution is -0.152. The molecule has 1 aromatic rings. The number of ether oxygens (including phenoxy) is 2. The van der Waals surface area contributed by atoms with E-state index >= 15 is 0 Å². The van der Waals surface area contributed by atoms with E-state index in [1.54, 1.807) is 18.7 Å². The van der Waals surface area contributed by atoms with E-state index in [1.165, 1.54) is 14.2 Å². The molecule has 0 radical (unpaired) electrons. The van der Waals surface area contributed by atoms with Crippen LogP contribution in [0.5, 0.6) is 0 Å². The number of carbonyl (C=O) groups excluding carboxylic acids is 2. The van der Waals surface area contributed by atoms with Gasteiger partial charge >= 0.3 is 17.9 Å². The van der Waals surface area contributed by atoms with Gasteiger partial charge in [-0.15, -0.1) is 0 Å². The molecule has 0 spiro atoms. The summed E-state index contributed by atoms with van der Waals surface area (Å²) in [4.78, 5) is 37.9. The van der Waals surface area contributed by atoms with Gasteiger partial charge in [0.15, 0.2) is 0 Å². The molecule has 0 aromatic carbocycles. The summed E-state index contributed by atoms with van der Waals surface area (Å²) in [6.45, 7) is 4.23. The van der Waals surface area contributed by atoms with Crippen LogP contribution >= 0.6 is 0 Å². The van der Waals surface area contributed by atoms with Gasteiger partial charge in [0.05, 0.1) is 44.4 Å². The largest absolute Gasteiger partial charge is 0.481 e. The van der Waals surface area contributed by atoms with E-state index < -0.39 is 5.97 Å².